The van der Waals surface area contributed by atoms with E-state index in [9.17, 15) is 18.0 Å². The van der Waals surface area contributed by atoms with E-state index in [4.69, 9.17) is 5.26 Å². The molecule has 2 aromatic rings. The molecule has 0 aliphatic rings. The fourth-order valence-electron chi connectivity index (χ4n) is 1.80. The maximum absolute atomic E-state index is 12.9. The molecule has 0 amide bonds. The predicted molar refractivity (Wildman–Crippen MR) is 83.9 cm³/mol. The maximum Gasteiger partial charge on any atom is 0.416 e. The molecule has 0 spiro atoms. The van der Waals surface area contributed by atoms with Crippen molar-refractivity contribution in [3.05, 3.63) is 47.4 Å². The van der Waals surface area contributed by atoms with E-state index in [1.54, 1.807) is 6.07 Å². The van der Waals surface area contributed by atoms with Gasteiger partial charge in [0.25, 0.3) is 0 Å². The molecule has 0 radical (unpaired) electrons. The molecule has 0 bridgehead atoms. The summed E-state index contributed by atoms with van der Waals surface area (Å²) in [4.78, 5) is 11.2. The number of methoxy groups -OCH3 is 1. The molecule has 0 atom stereocenters. The van der Waals surface area contributed by atoms with Gasteiger partial charge >= 0.3 is 12.1 Å². The lowest BCUT2D eigenvalue weighted by atomic mass is 10.1. The number of anilines is 1. The second-order valence-electron chi connectivity index (χ2n) is 4.71. The van der Waals surface area contributed by atoms with Crippen LogP contribution >= 0.6 is 0 Å². The lowest BCUT2D eigenvalue weighted by molar-refractivity contribution is -0.137. The third-order valence-corrected chi connectivity index (χ3v) is 3.06. The fourth-order valence-corrected chi connectivity index (χ4v) is 1.80. The van der Waals surface area contributed by atoms with Gasteiger partial charge in [0.1, 0.15) is 11.6 Å². The Hall–Kier alpha value is -3.68. The van der Waals surface area contributed by atoms with Crippen molar-refractivity contribution >= 4 is 23.3 Å². The normalized spacial score (nSPS) is 12.0. The number of ether oxygens (including phenoxy) is 1. The number of aromatic amines is 1. The molecule has 8 nitrogen and oxygen atoms in total. The quantitative estimate of drug-likeness (QED) is 0.475. The largest absolute Gasteiger partial charge is 0.466 e. The minimum atomic E-state index is -4.56. The van der Waals surface area contributed by atoms with Crippen molar-refractivity contribution < 1.29 is 22.7 Å². The average molecular weight is 364 g/mol. The van der Waals surface area contributed by atoms with Crippen LogP contribution in [0.1, 0.15) is 17.0 Å². The van der Waals surface area contributed by atoms with Gasteiger partial charge in [0, 0.05) is 18.0 Å². The number of alkyl halides is 3. The molecule has 0 saturated heterocycles. The zero-order valence-corrected chi connectivity index (χ0v) is 13.2. The molecule has 0 fully saturated rings. The topological polar surface area (TPSA) is 117 Å². The van der Waals surface area contributed by atoms with Crippen LogP contribution in [-0.2, 0) is 15.7 Å². The second-order valence-corrected chi connectivity index (χ2v) is 4.71. The Balaban J connectivity index is 2.41. The molecular formula is C15H11F3N6O2. The van der Waals surface area contributed by atoms with Crippen molar-refractivity contribution in [2.24, 2.45) is 0 Å². The Morgan fingerprint density at radius 1 is 1.42 bits per heavy atom. The number of tetrazole rings is 1. The molecule has 2 N–H and O–H groups in total. The Kier molecular flexibility index (Phi) is 5.69. The van der Waals surface area contributed by atoms with Crippen LogP contribution < -0.4 is 5.32 Å². The highest BCUT2D eigenvalue weighted by molar-refractivity contribution is 5.88. The van der Waals surface area contributed by atoms with Crippen molar-refractivity contribution in [3.8, 4) is 6.07 Å². The van der Waals surface area contributed by atoms with Crippen molar-refractivity contribution in [1.82, 2.24) is 20.6 Å². The molecule has 11 heteroatoms. The predicted octanol–water partition coefficient (Wildman–Crippen LogP) is 2.38. The van der Waals surface area contributed by atoms with E-state index in [1.807, 2.05) is 0 Å². The third kappa shape index (κ3) is 4.67. The highest BCUT2D eigenvalue weighted by atomic mass is 19.4. The van der Waals surface area contributed by atoms with Crippen LogP contribution in [0.5, 0.6) is 0 Å². The van der Waals surface area contributed by atoms with E-state index in [1.165, 1.54) is 19.3 Å². The van der Waals surface area contributed by atoms with Gasteiger partial charge in [-0.1, -0.05) is 6.07 Å². The lowest BCUT2D eigenvalue weighted by Crippen LogP contribution is -2.06. The molecule has 0 aliphatic heterocycles. The van der Waals surface area contributed by atoms with Crippen LogP contribution in [0.3, 0.4) is 0 Å². The molecule has 1 heterocycles. The van der Waals surface area contributed by atoms with Gasteiger partial charge in [0.15, 0.2) is 0 Å². The summed E-state index contributed by atoms with van der Waals surface area (Å²) < 4.78 is 43.3. The Bertz CT molecular complexity index is 882. The number of benzene rings is 1. The first-order valence-corrected chi connectivity index (χ1v) is 6.93. The van der Waals surface area contributed by atoms with Crippen molar-refractivity contribution in [2.45, 2.75) is 6.18 Å². The molecule has 134 valence electrons. The molecule has 0 aliphatic carbocycles. The molecular weight excluding hydrogens is 353 g/mol. The summed E-state index contributed by atoms with van der Waals surface area (Å²) in [6, 6.07) is 4.69. The van der Waals surface area contributed by atoms with Crippen molar-refractivity contribution in [1.29, 1.82) is 5.26 Å². The minimum absolute atomic E-state index is 0.0104. The van der Waals surface area contributed by atoms with Gasteiger partial charge in [-0.25, -0.2) is 4.79 Å². The maximum atomic E-state index is 12.9. The first kappa shape index (κ1) is 18.7. The number of nitrogens with zero attached hydrogens (tertiary/aromatic N) is 4. The molecule has 0 saturated carbocycles. The molecule has 2 rings (SSSR count). The average Bonchev–Trinajstić information content (AvgIpc) is 3.14. The van der Waals surface area contributed by atoms with Crippen molar-refractivity contribution in [2.75, 3.05) is 12.4 Å². The Morgan fingerprint density at radius 3 is 2.77 bits per heavy atom. The summed E-state index contributed by atoms with van der Waals surface area (Å²) in [6.07, 6.45) is -1.09. The van der Waals surface area contributed by atoms with Crippen molar-refractivity contribution in [3.63, 3.8) is 0 Å². The van der Waals surface area contributed by atoms with Gasteiger partial charge in [-0.3, -0.25) is 0 Å². The molecule has 1 aromatic heterocycles. The van der Waals surface area contributed by atoms with Gasteiger partial charge in [0.05, 0.1) is 12.7 Å². The van der Waals surface area contributed by atoms with Crippen LogP contribution in [0.2, 0.25) is 0 Å². The summed E-state index contributed by atoms with van der Waals surface area (Å²) in [7, 11) is 1.17. The molecule has 1 aromatic carbocycles. The first-order valence-electron chi connectivity index (χ1n) is 6.93. The number of nitrogens with one attached hydrogen (secondary N) is 2. The second kappa shape index (κ2) is 7.93. The van der Waals surface area contributed by atoms with Gasteiger partial charge in [-0.2, -0.15) is 23.6 Å². The number of H-pyrrole nitrogens is 1. The zero-order valence-electron chi connectivity index (χ0n) is 13.2. The monoisotopic (exact) mass is 364 g/mol. The number of esters is 1. The lowest BCUT2D eigenvalue weighted by Gasteiger charge is -2.12. The highest BCUT2D eigenvalue weighted by Gasteiger charge is 2.30. The Labute approximate surface area is 145 Å². The standard InChI is InChI=1S/C15H11F3N6O2/c1-26-13(25)5-3-9-2-4-11(15(16,17)18)6-12(9)20-8-10(7-19)14-21-23-24-22-14/h2-6,8,20H,1H3,(H,21,22,23,24). The third-order valence-electron chi connectivity index (χ3n) is 3.06. The number of carbonyl (C=O) groups is 1. The molecule has 26 heavy (non-hydrogen) atoms. The summed E-state index contributed by atoms with van der Waals surface area (Å²) in [5.41, 5.74) is -0.679. The van der Waals surface area contributed by atoms with E-state index < -0.39 is 17.7 Å². The molecule has 0 unspecified atom stereocenters. The SMILES string of the molecule is COC(=O)C=Cc1ccc(C(F)(F)F)cc1NC=C(C#N)c1nn[nH]n1. The summed E-state index contributed by atoms with van der Waals surface area (Å²) >= 11 is 0. The van der Waals surface area contributed by atoms with Crippen LogP contribution in [0.15, 0.2) is 30.5 Å². The number of hydrogen-bond donors (Lipinski definition) is 2. The van der Waals surface area contributed by atoms with E-state index in [0.717, 1.165) is 24.4 Å². The van der Waals surface area contributed by atoms with Crippen LogP contribution in [0.25, 0.3) is 11.6 Å². The van der Waals surface area contributed by atoms with Crippen LogP contribution in [0.4, 0.5) is 18.9 Å². The smallest absolute Gasteiger partial charge is 0.416 e. The first-order chi connectivity index (χ1) is 12.3. The highest BCUT2D eigenvalue weighted by Crippen LogP contribution is 2.32. The van der Waals surface area contributed by atoms with Gasteiger partial charge < -0.3 is 10.1 Å². The number of halogens is 3. The van der Waals surface area contributed by atoms with Gasteiger partial charge in [-0.05, 0) is 29.0 Å². The van der Waals surface area contributed by atoms with E-state index >= 15 is 0 Å². The Morgan fingerprint density at radius 2 is 2.19 bits per heavy atom. The fraction of sp³-hybridized carbons (Fsp3) is 0.133. The summed E-state index contributed by atoms with van der Waals surface area (Å²) in [6.45, 7) is 0. The van der Waals surface area contributed by atoms with E-state index in [0.29, 0.717) is 0 Å². The number of carbonyl (C=O) groups excluding carboxylic acids is 1. The summed E-state index contributed by atoms with van der Waals surface area (Å²) in [5.74, 6) is -0.700. The van der Waals surface area contributed by atoms with E-state index in [-0.39, 0.29) is 22.6 Å². The van der Waals surface area contributed by atoms with E-state index in [2.05, 4.69) is 30.7 Å². The minimum Gasteiger partial charge on any atom is -0.466 e. The van der Waals surface area contributed by atoms with Crippen LogP contribution in [-0.4, -0.2) is 33.7 Å². The number of hydrogen-bond acceptors (Lipinski definition) is 7. The number of allylic oxidation sites excluding steroid dienone is 1. The number of aromatic nitrogens is 4. The summed E-state index contributed by atoms with van der Waals surface area (Å²) in [5, 5.41) is 24.4. The van der Waals surface area contributed by atoms with Crippen LogP contribution in [0, 0.1) is 11.3 Å². The zero-order chi connectivity index (χ0) is 19.2. The van der Waals surface area contributed by atoms with Gasteiger partial charge in [-0.15, -0.1) is 10.2 Å². The number of nitriles is 1. The van der Waals surface area contributed by atoms with Gasteiger partial charge in [0.2, 0.25) is 5.82 Å². The number of rotatable bonds is 5.